The molecule has 2 aromatic rings. The Morgan fingerprint density at radius 2 is 2.21 bits per heavy atom. The zero-order chi connectivity index (χ0) is 13.8. The summed E-state index contributed by atoms with van der Waals surface area (Å²) in [6.07, 6.45) is 3.10. The van der Waals surface area contributed by atoms with E-state index in [1.807, 2.05) is 31.2 Å². The number of hydrogen-bond acceptors (Lipinski definition) is 3. The molecule has 0 spiro atoms. The van der Waals surface area contributed by atoms with Gasteiger partial charge in [0.25, 0.3) is 0 Å². The Kier molecular flexibility index (Phi) is 4.17. The van der Waals surface area contributed by atoms with Crippen LogP contribution in [0.2, 0.25) is 5.02 Å². The van der Waals surface area contributed by atoms with E-state index in [2.05, 4.69) is 4.98 Å². The Balaban J connectivity index is 2.34. The smallest absolute Gasteiger partial charge is 0.330 e. The third kappa shape index (κ3) is 3.32. The molecule has 0 fully saturated rings. The first-order valence-corrected chi connectivity index (χ1v) is 6.39. The lowest BCUT2D eigenvalue weighted by atomic mass is 10.1. The number of carbonyl (C=O) groups is 1. The van der Waals surface area contributed by atoms with Crippen molar-refractivity contribution in [1.29, 1.82) is 0 Å². The van der Waals surface area contributed by atoms with Crippen molar-refractivity contribution >= 4 is 34.5 Å². The lowest BCUT2D eigenvalue weighted by Crippen LogP contribution is -1.98. The summed E-state index contributed by atoms with van der Waals surface area (Å²) in [6, 6.07) is 7.50. The second-order valence-corrected chi connectivity index (χ2v) is 4.51. The van der Waals surface area contributed by atoms with Crippen LogP contribution in [0.15, 0.2) is 30.3 Å². The number of aryl methyl sites for hydroxylation is 1. The van der Waals surface area contributed by atoms with Crippen LogP contribution >= 0.6 is 11.6 Å². The van der Waals surface area contributed by atoms with Crippen molar-refractivity contribution in [2.75, 3.05) is 6.61 Å². The van der Waals surface area contributed by atoms with E-state index in [4.69, 9.17) is 16.3 Å². The summed E-state index contributed by atoms with van der Waals surface area (Å²) in [7, 11) is 0. The highest BCUT2D eigenvalue weighted by Crippen LogP contribution is 2.24. The third-order valence-electron chi connectivity index (χ3n) is 2.61. The minimum absolute atomic E-state index is 0.351. The van der Waals surface area contributed by atoms with Gasteiger partial charge in [0, 0.05) is 17.2 Å². The normalized spacial score (nSPS) is 11.1. The average Bonchev–Trinajstić information content (AvgIpc) is 2.37. The number of carbonyl (C=O) groups excluding carboxylic acids is 1. The van der Waals surface area contributed by atoms with Gasteiger partial charge in [0.05, 0.1) is 17.1 Å². The first-order chi connectivity index (χ1) is 9.10. The number of esters is 1. The molecule has 0 aliphatic heterocycles. The van der Waals surface area contributed by atoms with E-state index in [0.717, 1.165) is 22.2 Å². The standard InChI is InChI=1S/C15H14ClNO2/c1-3-19-15(18)7-5-11-4-6-14-12(9-11)13(16)8-10(2)17-14/h4-9H,3H2,1-2H3/b7-5+. The van der Waals surface area contributed by atoms with Gasteiger partial charge in [0.15, 0.2) is 0 Å². The van der Waals surface area contributed by atoms with Crippen LogP contribution < -0.4 is 0 Å². The topological polar surface area (TPSA) is 39.2 Å². The molecule has 0 N–H and O–H groups in total. The highest BCUT2D eigenvalue weighted by atomic mass is 35.5. The maximum Gasteiger partial charge on any atom is 0.330 e. The van der Waals surface area contributed by atoms with Crippen molar-refractivity contribution in [3.05, 3.63) is 46.6 Å². The molecule has 0 bridgehead atoms. The van der Waals surface area contributed by atoms with E-state index in [0.29, 0.717) is 11.6 Å². The van der Waals surface area contributed by atoms with Crippen LogP contribution in [0.5, 0.6) is 0 Å². The molecule has 0 unspecified atom stereocenters. The largest absolute Gasteiger partial charge is 0.463 e. The quantitative estimate of drug-likeness (QED) is 0.632. The fourth-order valence-electron chi connectivity index (χ4n) is 1.78. The molecule has 4 heteroatoms. The maximum absolute atomic E-state index is 11.2. The molecule has 0 atom stereocenters. The third-order valence-corrected chi connectivity index (χ3v) is 2.92. The Labute approximate surface area is 116 Å². The monoisotopic (exact) mass is 275 g/mol. The molecule has 1 aromatic heterocycles. The molecule has 3 nitrogen and oxygen atoms in total. The highest BCUT2D eigenvalue weighted by molar-refractivity contribution is 6.35. The van der Waals surface area contributed by atoms with Gasteiger partial charge in [-0.25, -0.2) is 4.79 Å². The van der Waals surface area contributed by atoms with Gasteiger partial charge >= 0.3 is 5.97 Å². The summed E-state index contributed by atoms with van der Waals surface area (Å²) in [4.78, 5) is 15.6. The van der Waals surface area contributed by atoms with Crippen LogP contribution in [-0.4, -0.2) is 17.6 Å². The molecule has 0 amide bonds. The number of hydrogen-bond donors (Lipinski definition) is 0. The number of halogens is 1. The summed E-state index contributed by atoms with van der Waals surface area (Å²) < 4.78 is 4.83. The number of fused-ring (bicyclic) bond motifs is 1. The second-order valence-electron chi connectivity index (χ2n) is 4.11. The van der Waals surface area contributed by atoms with E-state index >= 15 is 0 Å². The van der Waals surface area contributed by atoms with Crippen molar-refractivity contribution in [3.63, 3.8) is 0 Å². The Morgan fingerprint density at radius 3 is 2.95 bits per heavy atom. The Hall–Kier alpha value is -1.87. The van der Waals surface area contributed by atoms with Crippen LogP contribution in [0.1, 0.15) is 18.2 Å². The molecule has 0 radical (unpaired) electrons. The van der Waals surface area contributed by atoms with Crippen molar-refractivity contribution in [1.82, 2.24) is 4.98 Å². The molecule has 0 saturated carbocycles. The minimum Gasteiger partial charge on any atom is -0.463 e. The van der Waals surface area contributed by atoms with Gasteiger partial charge in [-0.15, -0.1) is 0 Å². The Morgan fingerprint density at radius 1 is 1.42 bits per heavy atom. The van der Waals surface area contributed by atoms with Crippen molar-refractivity contribution in [2.45, 2.75) is 13.8 Å². The van der Waals surface area contributed by atoms with Crippen molar-refractivity contribution in [2.24, 2.45) is 0 Å². The molecule has 2 rings (SSSR count). The molecule has 98 valence electrons. The molecule has 0 aliphatic rings. The van der Waals surface area contributed by atoms with Crippen LogP contribution in [0, 0.1) is 6.92 Å². The van der Waals surface area contributed by atoms with E-state index < -0.39 is 0 Å². The lowest BCUT2D eigenvalue weighted by Gasteiger charge is -2.03. The summed E-state index contributed by atoms with van der Waals surface area (Å²) >= 11 is 6.19. The summed E-state index contributed by atoms with van der Waals surface area (Å²) in [5.41, 5.74) is 2.61. The fraction of sp³-hybridized carbons (Fsp3) is 0.200. The zero-order valence-corrected chi connectivity index (χ0v) is 11.6. The zero-order valence-electron chi connectivity index (χ0n) is 10.8. The lowest BCUT2D eigenvalue weighted by molar-refractivity contribution is -0.137. The second kappa shape index (κ2) is 5.85. The number of pyridine rings is 1. The van der Waals surface area contributed by atoms with E-state index in [9.17, 15) is 4.79 Å². The maximum atomic E-state index is 11.2. The van der Waals surface area contributed by atoms with E-state index in [-0.39, 0.29) is 5.97 Å². The molecule has 1 heterocycles. The van der Waals surface area contributed by atoms with Gasteiger partial charge in [-0.1, -0.05) is 17.7 Å². The average molecular weight is 276 g/mol. The number of nitrogens with zero attached hydrogens (tertiary/aromatic N) is 1. The van der Waals surface area contributed by atoms with Gasteiger partial charge in [0.1, 0.15) is 0 Å². The fourth-order valence-corrected chi connectivity index (χ4v) is 2.09. The molecular weight excluding hydrogens is 262 g/mol. The van der Waals surface area contributed by atoms with Crippen molar-refractivity contribution < 1.29 is 9.53 Å². The SMILES string of the molecule is CCOC(=O)/C=C/c1ccc2nc(C)cc(Cl)c2c1. The number of rotatable bonds is 3. The predicted molar refractivity (Wildman–Crippen MR) is 77.2 cm³/mol. The van der Waals surface area contributed by atoms with Gasteiger partial charge < -0.3 is 4.74 Å². The molecule has 0 aliphatic carbocycles. The molecule has 19 heavy (non-hydrogen) atoms. The predicted octanol–water partition coefficient (Wildman–Crippen LogP) is 3.77. The summed E-state index contributed by atoms with van der Waals surface area (Å²) in [5.74, 6) is -0.351. The van der Waals surface area contributed by atoms with Crippen LogP contribution in [0.25, 0.3) is 17.0 Å². The van der Waals surface area contributed by atoms with Crippen LogP contribution in [0.3, 0.4) is 0 Å². The number of aromatic nitrogens is 1. The molecule has 0 saturated heterocycles. The minimum atomic E-state index is -0.351. The van der Waals surface area contributed by atoms with Gasteiger partial charge in [-0.2, -0.15) is 0 Å². The van der Waals surface area contributed by atoms with Crippen LogP contribution in [-0.2, 0) is 9.53 Å². The molecular formula is C15H14ClNO2. The van der Waals surface area contributed by atoms with E-state index in [1.54, 1.807) is 13.0 Å². The Bertz CT molecular complexity index is 650. The highest BCUT2D eigenvalue weighted by Gasteiger charge is 2.02. The van der Waals surface area contributed by atoms with E-state index in [1.165, 1.54) is 6.08 Å². The molecule has 1 aromatic carbocycles. The van der Waals surface area contributed by atoms with Crippen LogP contribution in [0.4, 0.5) is 0 Å². The van der Waals surface area contributed by atoms with Gasteiger partial charge in [0.2, 0.25) is 0 Å². The summed E-state index contributed by atoms with van der Waals surface area (Å²) in [5, 5.41) is 1.53. The number of benzene rings is 1. The summed E-state index contributed by atoms with van der Waals surface area (Å²) in [6.45, 7) is 4.05. The number of ether oxygens (including phenoxy) is 1. The van der Waals surface area contributed by atoms with Gasteiger partial charge in [-0.05, 0) is 43.7 Å². The van der Waals surface area contributed by atoms with Crippen molar-refractivity contribution in [3.8, 4) is 0 Å². The first kappa shape index (κ1) is 13.6. The first-order valence-electron chi connectivity index (χ1n) is 6.02. The van der Waals surface area contributed by atoms with Gasteiger partial charge in [-0.3, -0.25) is 4.98 Å².